The maximum absolute atomic E-state index is 6.32. The van der Waals surface area contributed by atoms with Gasteiger partial charge >= 0.3 is 0 Å². The van der Waals surface area contributed by atoms with Crippen molar-refractivity contribution in [1.82, 2.24) is 14.5 Å². The highest BCUT2D eigenvalue weighted by atomic mass is 35.5. The number of aromatic nitrogens is 2. The van der Waals surface area contributed by atoms with Crippen LogP contribution in [0.15, 0.2) is 42.5 Å². The summed E-state index contributed by atoms with van der Waals surface area (Å²) in [7, 11) is 0. The highest BCUT2D eigenvalue weighted by Gasteiger charge is 2.14. The Bertz CT molecular complexity index is 908. The zero-order valence-electron chi connectivity index (χ0n) is 18.1. The van der Waals surface area contributed by atoms with Crippen LogP contribution in [0.3, 0.4) is 0 Å². The zero-order valence-corrected chi connectivity index (χ0v) is 18.9. The molecule has 0 aliphatic rings. The van der Waals surface area contributed by atoms with Crippen LogP contribution in [0.4, 0.5) is 0 Å². The number of aryl methyl sites for hydroxylation is 2. The Morgan fingerprint density at radius 2 is 1.66 bits per heavy atom. The summed E-state index contributed by atoms with van der Waals surface area (Å²) in [5.41, 5.74) is 4.57. The molecule has 0 aliphatic heterocycles. The van der Waals surface area contributed by atoms with E-state index in [1.807, 2.05) is 12.1 Å². The first-order valence-electron chi connectivity index (χ1n) is 11.1. The van der Waals surface area contributed by atoms with Crippen molar-refractivity contribution in [3.63, 3.8) is 0 Å². The van der Waals surface area contributed by atoms with Gasteiger partial charge in [0, 0.05) is 17.1 Å². The third kappa shape index (κ3) is 5.83. The smallest absolute Gasteiger partial charge is 0.141 e. The molecule has 1 aromatic heterocycles. The summed E-state index contributed by atoms with van der Waals surface area (Å²) in [6.07, 6.45) is 6.18. The summed E-state index contributed by atoms with van der Waals surface area (Å²) < 4.78 is 2.35. The minimum absolute atomic E-state index is 0.766. The van der Waals surface area contributed by atoms with Crippen LogP contribution in [0.5, 0.6) is 0 Å². The van der Waals surface area contributed by atoms with Gasteiger partial charge in [0.25, 0.3) is 0 Å². The molecule has 156 valence electrons. The third-order valence-electron chi connectivity index (χ3n) is 5.50. The second-order valence-electron chi connectivity index (χ2n) is 7.99. The van der Waals surface area contributed by atoms with Gasteiger partial charge in [-0.15, -0.1) is 0 Å². The Hall–Kier alpha value is -1.84. The number of hydrogen-bond acceptors (Lipinski definition) is 2. The fraction of sp³-hybridized carbons (Fsp3) is 0.480. The van der Waals surface area contributed by atoms with Gasteiger partial charge in [-0.05, 0) is 70.1 Å². The van der Waals surface area contributed by atoms with E-state index >= 15 is 0 Å². The normalized spacial score (nSPS) is 11.6. The van der Waals surface area contributed by atoms with Gasteiger partial charge in [0.15, 0.2) is 0 Å². The van der Waals surface area contributed by atoms with Crippen molar-refractivity contribution in [2.45, 2.75) is 59.4 Å². The number of hydrogen-bond donors (Lipinski definition) is 0. The molecule has 2 aromatic carbocycles. The lowest BCUT2D eigenvalue weighted by atomic mass is 10.1. The van der Waals surface area contributed by atoms with Crippen molar-refractivity contribution in [3.05, 3.63) is 53.1 Å². The minimum atomic E-state index is 0.766. The third-order valence-corrected chi connectivity index (χ3v) is 5.73. The molecular formula is C25H34ClN3. The Morgan fingerprint density at radius 1 is 0.931 bits per heavy atom. The molecule has 0 spiro atoms. The average molecular weight is 412 g/mol. The molecule has 29 heavy (non-hydrogen) atoms. The lowest BCUT2D eigenvalue weighted by Gasteiger charge is -2.22. The molecule has 0 atom stereocenters. The van der Waals surface area contributed by atoms with Crippen LogP contribution in [0.25, 0.3) is 22.4 Å². The first-order valence-corrected chi connectivity index (χ1v) is 11.4. The summed E-state index contributed by atoms with van der Waals surface area (Å²) in [5, 5.41) is 0.766. The van der Waals surface area contributed by atoms with E-state index in [1.54, 1.807) is 0 Å². The molecule has 0 N–H and O–H groups in total. The van der Waals surface area contributed by atoms with Crippen LogP contribution >= 0.6 is 11.6 Å². The zero-order chi connectivity index (χ0) is 20.6. The van der Waals surface area contributed by atoms with E-state index in [9.17, 15) is 0 Å². The number of halogens is 1. The van der Waals surface area contributed by atoms with E-state index < -0.39 is 0 Å². The van der Waals surface area contributed by atoms with Crippen molar-refractivity contribution in [1.29, 1.82) is 0 Å². The molecule has 4 heteroatoms. The van der Waals surface area contributed by atoms with Crippen molar-refractivity contribution in [2.24, 2.45) is 0 Å². The van der Waals surface area contributed by atoms with Gasteiger partial charge in [-0.25, -0.2) is 4.98 Å². The number of rotatable bonds is 11. The summed E-state index contributed by atoms with van der Waals surface area (Å²) >= 11 is 6.32. The Balaban J connectivity index is 1.83. The fourth-order valence-electron chi connectivity index (χ4n) is 3.88. The summed E-state index contributed by atoms with van der Waals surface area (Å²) in [6, 6.07) is 14.6. The Labute approximate surface area is 180 Å². The molecule has 3 nitrogen and oxygen atoms in total. The summed E-state index contributed by atoms with van der Waals surface area (Å²) in [5.74, 6) is 1.04. The first kappa shape index (κ1) is 21.9. The van der Waals surface area contributed by atoms with E-state index in [2.05, 4.69) is 60.6 Å². The van der Waals surface area contributed by atoms with Gasteiger partial charge in [-0.2, -0.15) is 0 Å². The SMILES string of the molecule is CCCCN(CCCC)CCCn1c(-c2cccc(C)c2)nc2ccc(Cl)cc21. The quantitative estimate of drug-likeness (QED) is 0.340. The molecule has 0 amide bonds. The molecule has 0 saturated heterocycles. The number of benzene rings is 2. The van der Waals surface area contributed by atoms with Crippen LogP contribution in [-0.2, 0) is 6.54 Å². The van der Waals surface area contributed by atoms with Gasteiger partial charge in [0.1, 0.15) is 5.82 Å². The number of imidazole rings is 1. The van der Waals surface area contributed by atoms with Gasteiger partial charge in [-0.1, -0.05) is 62.1 Å². The number of unbranched alkanes of at least 4 members (excludes halogenated alkanes) is 2. The summed E-state index contributed by atoms with van der Waals surface area (Å²) in [6.45, 7) is 11.2. The lowest BCUT2D eigenvalue weighted by molar-refractivity contribution is 0.258. The van der Waals surface area contributed by atoms with Crippen LogP contribution in [-0.4, -0.2) is 34.1 Å². The van der Waals surface area contributed by atoms with E-state index in [1.165, 1.54) is 49.9 Å². The molecular weight excluding hydrogens is 378 g/mol. The second kappa shape index (κ2) is 10.8. The predicted octanol–water partition coefficient (Wildman–Crippen LogP) is 6.96. The van der Waals surface area contributed by atoms with E-state index in [0.29, 0.717) is 0 Å². The van der Waals surface area contributed by atoms with Gasteiger partial charge in [-0.3, -0.25) is 0 Å². The summed E-state index contributed by atoms with van der Waals surface area (Å²) in [4.78, 5) is 7.58. The molecule has 0 bridgehead atoms. The number of fused-ring (bicyclic) bond motifs is 1. The van der Waals surface area contributed by atoms with Crippen LogP contribution in [0.2, 0.25) is 5.02 Å². The Kier molecular flexibility index (Phi) is 8.14. The molecule has 0 radical (unpaired) electrons. The van der Waals surface area contributed by atoms with Gasteiger partial charge in [0.2, 0.25) is 0 Å². The predicted molar refractivity (Wildman–Crippen MR) is 126 cm³/mol. The molecule has 3 rings (SSSR count). The van der Waals surface area contributed by atoms with Gasteiger partial charge < -0.3 is 9.47 Å². The maximum atomic E-state index is 6.32. The molecule has 0 unspecified atom stereocenters. The minimum Gasteiger partial charge on any atom is -0.324 e. The van der Waals surface area contributed by atoms with Crippen LogP contribution < -0.4 is 0 Å². The highest BCUT2D eigenvalue weighted by Crippen LogP contribution is 2.27. The van der Waals surface area contributed by atoms with Crippen molar-refractivity contribution in [2.75, 3.05) is 19.6 Å². The number of nitrogens with zero attached hydrogens (tertiary/aromatic N) is 3. The average Bonchev–Trinajstić information content (AvgIpc) is 3.07. The lowest BCUT2D eigenvalue weighted by Crippen LogP contribution is -2.28. The van der Waals surface area contributed by atoms with Crippen molar-refractivity contribution >= 4 is 22.6 Å². The Morgan fingerprint density at radius 3 is 2.34 bits per heavy atom. The molecule has 1 heterocycles. The van der Waals surface area contributed by atoms with E-state index in [-0.39, 0.29) is 0 Å². The van der Waals surface area contributed by atoms with E-state index in [0.717, 1.165) is 41.4 Å². The maximum Gasteiger partial charge on any atom is 0.141 e. The van der Waals surface area contributed by atoms with Crippen LogP contribution in [0, 0.1) is 6.92 Å². The van der Waals surface area contributed by atoms with Crippen molar-refractivity contribution in [3.8, 4) is 11.4 Å². The van der Waals surface area contributed by atoms with Crippen molar-refractivity contribution < 1.29 is 0 Å². The fourth-order valence-corrected chi connectivity index (χ4v) is 4.04. The second-order valence-corrected chi connectivity index (χ2v) is 8.43. The van der Waals surface area contributed by atoms with Crippen LogP contribution in [0.1, 0.15) is 51.5 Å². The first-order chi connectivity index (χ1) is 14.1. The standard InChI is InChI=1S/C25H34ClN3/c1-4-6-14-28(15-7-5-2)16-9-17-29-24-19-22(26)12-13-23(24)27-25(29)21-11-8-10-20(3)18-21/h8,10-13,18-19H,4-7,9,14-17H2,1-3H3. The largest absolute Gasteiger partial charge is 0.324 e. The monoisotopic (exact) mass is 411 g/mol. The molecule has 0 fully saturated rings. The van der Waals surface area contributed by atoms with E-state index in [4.69, 9.17) is 16.6 Å². The van der Waals surface area contributed by atoms with Gasteiger partial charge in [0.05, 0.1) is 11.0 Å². The topological polar surface area (TPSA) is 21.1 Å². The molecule has 0 saturated carbocycles. The molecule has 3 aromatic rings. The molecule has 0 aliphatic carbocycles. The highest BCUT2D eigenvalue weighted by molar-refractivity contribution is 6.31.